The summed E-state index contributed by atoms with van der Waals surface area (Å²) in [6.07, 6.45) is 4.47. The topological polar surface area (TPSA) is 97.4 Å². The van der Waals surface area contributed by atoms with E-state index in [1.807, 2.05) is 24.3 Å². The summed E-state index contributed by atoms with van der Waals surface area (Å²) in [5.41, 5.74) is 3.07. The van der Waals surface area contributed by atoms with E-state index < -0.39 is 24.5 Å². The lowest BCUT2D eigenvalue weighted by Crippen LogP contribution is -2.42. The lowest BCUT2D eigenvalue weighted by molar-refractivity contribution is -0.123. The Bertz CT molecular complexity index is 952. The number of ether oxygens (including phenoxy) is 1. The van der Waals surface area contributed by atoms with E-state index in [1.54, 1.807) is 0 Å². The van der Waals surface area contributed by atoms with E-state index in [0.29, 0.717) is 11.5 Å². The molecule has 2 aliphatic rings. The van der Waals surface area contributed by atoms with Gasteiger partial charge in [-0.05, 0) is 49.7 Å². The number of nitrogens with zero attached hydrogens (tertiary/aromatic N) is 1. The molecule has 0 saturated heterocycles. The minimum atomic E-state index is -0.646. The highest BCUT2D eigenvalue weighted by Crippen LogP contribution is 2.31. The molecule has 0 spiro atoms. The number of esters is 1. The van der Waals surface area contributed by atoms with Crippen LogP contribution in [0.15, 0.2) is 24.3 Å². The molecular weight excluding hydrogens is 358 g/mol. The average molecular weight is 381 g/mol. The molecule has 28 heavy (non-hydrogen) atoms. The molecule has 1 aromatic heterocycles. The van der Waals surface area contributed by atoms with Crippen LogP contribution in [0.2, 0.25) is 0 Å². The van der Waals surface area contributed by atoms with Crippen molar-refractivity contribution >= 4 is 28.8 Å². The van der Waals surface area contributed by atoms with Crippen LogP contribution in [0.25, 0.3) is 10.9 Å². The minimum Gasteiger partial charge on any atom is -0.452 e. The first-order chi connectivity index (χ1) is 13.5. The molecule has 2 aromatic rings. The quantitative estimate of drug-likeness (QED) is 0.793. The molecule has 2 aliphatic carbocycles. The van der Waals surface area contributed by atoms with E-state index in [-0.39, 0.29) is 6.04 Å². The maximum atomic E-state index is 12.9. The zero-order chi connectivity index (χ0) is 19.7. The van der Waals surface area contributed by atoms with Crippen molar-refractivity contribution in [3.05, 3.63) is 41.1 Å². The van der Waals surface area contributed by atoms with E-state index >= 15 is 0 Å². The van der Waals surface area contributed by atoms with Crippen molar-refractivity contribution in [1.29, 1.82) is 0 Å². The molecule has 4 rings (SSSR count). The number of hydrogen-bond acceptors (Lipinski definition) is 5. The third-order valence-corrected chi connectivity index (χ3v) is 5.21. The SMILES string of the molecule is C[C@@H]1CCc2nc3ccccc3c(C(=O)OCC(=O)NC(=O)NC3CC3)c2C1. The monoisotopic (exact) mass is 381 g/mol. The fourth-order valence-corrected chi connectivity index (χ4v) is 3.61. The highest BCUT2D eigenvalue weighted by molar-refractivity contribution is 6.06. The van der Waals surface area contributed by atoms with Crippen molar-refractivity contribution in [3.63, 3.8) is 0 Å². The van der Waals surface area contributed by atoms with Crippen LogP contribution in [-0.4, -0.2) is 35.5 Å². The number of rotatable bonds is 4. The van der Waals surface area contributed by atoms with E-state index in [4.69, 9.17) is 9.72 Å². The van der Waals surface area contributed by atoms with Crippen molar-refractivity contribution < 1.29 is 19.1 Å². The lowest BCUT2D eigenvalue weighted by Gasteiger charge is -2.24. The molecule has 0 aliphatic heterocycles. The molecule has 7 nitrogen and oxygen atoms in total. The zero-order valence-electron chi connectivity index (χ0n) is 15.8. The Morgan fingerprint density at radius 3 is 2.75 bits per heavy atom. The van der Waals surface area contributed by atoms with Gasteiger partial charge >= 0.3 is 12.0 Å². The summed E-state index contributed by atoms with van der Waals surface area (Å²) < 4.78 is 5.26. The molecule has 1 heterocycles. The Morgan fingerprint density at radius 1 is 1.18 bits per heavy atom. The second kappa shape index (κ2) is 7.58. The van der Waals surface area contributed by atoms with Gasteiger partial charge < -0.3 is 10.1 Å². The number of imide groups is 1. The van der Waals surface area contributed by atoms with Crippen molar-refractivity contribution in [3.8, 4) is 0 Å². The number of urea groups is 1. The van der Waals surface area contributed by atoms with E-state index in [1.165, 1.54) is 0 Å². The smallest absolute Gasteiger partial charge is 0.339 e. The van der Waals surface area contributed by atoms with E-state index in [2.05, 4.69) is 17.6 Å². The maximum absolute atomic E-state index is 12.9. The summed E-state index contributed by atoms with van der Waals surface area (Å²) in [5, 5.41) is 5.57. The predicted molar refractivity (Wildman–Crippen MR) is 103 cm³/mol. The Balaban J connectivity index is 1.52. The number of amides is 3. The zero-order valence-corrected chi connectivity index (χ0v) is 15.8. The van der Waals surface area contributed by atoms with Gasteiger partial charge in [0.15, 0.2) is 6.61 Å². The van der Waals surface area contributed by atoms with Crippen LogP contribution >= 0.6 is 0 Å². The first-order valence-corrected chi connectivity index (χ1v) is 9.69. The molecule has 3 amide bonds. The highest BCUT2D eigenvalue weighted by atomic mass is 16.5. The van der Waals surface area contributed by atoms with Crippen LogP contribution in [0.3, 0.4) is 0 Å². The number of pyridine rings is 1. The summed E-state index contributed by atoms with van der Waals surface area (Å²) in [6, 6.07) is 7.06. The molecule has 0 bridgehead atoms. The number of nitrogens with one attached hydrogen (secondary N) is 2. The number of carbonyl (C=O) groups is 3. The molecule has 1 saturated carbocycles. The Morgan fingerprint density at radius 2 is 1.96 bits per heavy atom. The van der Waals surface area contributed by atoms with Gasteiger partial charge in [-0.25, -0.2) is 9.59 Å². The second-order valence-corrected chi connectivity index (χ2v) is 7.65. The largest absolute Gasteiger partial charge is 0.452 e. The summed E-state index contributed by atoms with van der Waals surface area (Å²) in [7, 11) is 0. The molecule has 146 valence electrons. The van der Waals surface area contributed by atoms with Gasteiger partial charge in [0.25, 0.3) is 5.91 Å². The van der Waals surface area contributed by atoms with Gasteiger partial charge in [-0.1, -0.05) is 25.1 Å². The Kier molecular flexibility index (Phi) is 4.98. The number of aryl methyl sites for hydroxylation is 1. The molecule has 1 atom stereocenters. The third-order valence-electron chi connectivity index (χ3n) is 5.21. The third kappa shape index (κ3) is 3.98. The van der Waals surface area contributed by atoms with E-state index in [9.17, 15) is 14.4 Å². The highest BCUT2D eigenvalue weighted by Gasteiger charge is 2.27. The molecule has 0 radical (unpaired) electrons. The molecular formula is C21H23N3O4. The van der Waals surface area contributed by atoms with Crippen molar-refractivity contribution in [2.45, 2.75) is 45.1 Å². The van der Waals surface area contributed by atoms with Crippen LogP contribution in [0.5, 0.6) is 0 Å². The van der Waals surface area contributed by atoms with Crippen LogP contribution < -0.4 is 10.6 Å². The van der Waals surface area contributed by atoms with Gasteiger partial charge in [0.1, 0.15) is 0 Å². The van der Waals surface area contributed by atoms with Crippen LogP contribution in [-0.2, 0) is 22.4 Å². The molecule has 1 aromatic carbocycles. The van der Waals surface area contributed by atoms with Crippen molar-refractivity contribution in [2.75, 3.05) is 6.61 Å². The van der Waals surface area contributed by atoms with Crippen LogP contribution in [0.4, 0.5) is 4.79 Å². The van der Waals surface area contributed by atoms with Gasteiger partial charge in [-0.15, -0.1) is 0 Å². The average Bonchev–Trinajstić information content (AvgIpc) is 3.48. The molecule has 2 N–H and O–H groups in total. The van der Waals surface area contributed by atoms with Gasteiger partial charge in [-0.2, -0.15) is 0 Å². The normalized spacial score (nSPS) is 18.2. The number of carbonyl (C=O) groups excluding carboxylic acids is 3. The number of hydrogen-bond donors (Lipinski definition) is 2. The van der Waals surface area contributed by atoms with Crippen LogP contribution in [0, 0.1) is 5.92 Å². The van der Waals surface area contributed by atoms with Gasteiger partial charge in [-0.3, -0.25) is 15.1 Å². The molecule has 7 heteroatoms. The number of para-hydroxylation sites is 1. The molecule has 0 unspecified atom stereocenters. The standard InChI is InChI=1S/C21H23N3O4/c1-12-6-9-17-15(10-12)19(14-4-2-3-5-16(14)23-17)20(26)28-11-18(25)24-21(27)22-13-7-8-13/h2-5,12-13H,6-11H2,1H3,(H2,22,24,25,27)/t12-/m1/s1. The maximum Gasteiger partial charge on any atom is 0.339 e. The van der Waals surface area contributed by atoms with Crippen molar-refractivity contribution in [1.82, 2.24) is 15.6 Å². The fraction of sp³-hybridized carbons (Fsp3) is 0.429. The lowest BCUT2D eigenvalue weighted by atomic mass is 9.84. The fourth-order valence-electron chi connectivity index (χ4n) is 3.61. The number of aromatic nitrogens is 1. The van der Waals surface area contributed by atoms with Crippen LogP contribution in [0.1, 0.15) is 47.8 Å². The Labute approximate surface area is 162 Å². The van der Waals surface area contributed by atoms with Crippen molar-refractivity contribution in [2.24, 2.45) is 5.92 Å². The number of fused-ring (bicyclic) bond motifs is 2. The van der Waals surface area contributed by atoms with E-state index in [0.717, 1.165) is 54.3 Å². The summed E-state index contributed by atoms with van der Waals surface area (Å²) >= 11 is 0. The summed E-state index contributed by atoms with van der Waals surface area (Å²) in [6.45, 7) is 1.65. The number of benzene rings is 1. The predicted octanol–water partition coefficient (Wildman–Crippen LogP) is 2.50. The minimum absolute atomic E-state index is 0.145. The van der Waals surface area contributed by atoms with Gasteiger partial charge in [0.05, 0.1) is 11.1 Å². The van der Waals surface area contributed by atoms with Gasteiger partial charge in [0.2, 0.25) is 0 Å². The summed E-state index contributed by atoms with van der Waals surface area (Å²) in [5.74, 6) is -0.745. The Hall–Kier alpha value is -2.96. The second-order valence-electron chi connectivity index (χ2n) is 7.65. The summed E-state index contributed by atoms with van der Waals surface area (Å²) in [4.78, 5) is 41.2. The van der Waals surface area contributed by atoms with Gasteiger partial charge in [0, 0.05) is 17.1 Å². The molecule has 1 fully saturated rings. The first kappa shape index (κ1) is 18.4. The first-order valence-electron chi connectivity index (χ1n) is 9.69.